The number of furan rings is 1. The zero-order chi connectivity index (χ0) is 12.5. The minimum atomic E-state index is -0.135. The lowest BCUT2D eigenvalue weighted by molar-refractivity contribution is 0.493. The molecule has 2 N–H and O–H groups in total. The molecule has 0 amide bonds. The van der Waals surface area contributed by atoms with E-state index in [4.69, 9.17) is 10.2 Å². The second kappa shape index (κ2) is 4.55. The Morgan fingerprint density at radius 3 is 3.06 bits per heavy atom. The SMILES string of the molecule is Cc1ccc2oc(C(N)Cc3nccs3)cc2c1. The Balaban J connectivity index is 1.89. The summed E-state index contributed by atoms with van der Waals surface area (Å²) < 4.78 is 5.79. The van der Waals surface area contributed by atoms with E-state index >= 15 is 0 Å². The molecule has 0 aliphatic rings. The topological polar surface area (TPSA) is 52.0 Å². The summed E-state index contributed by atoms with van der Waals surface area (Å²) in [6.07, 6.45) is 2.52. The normalized spacial score (nSPS) is 13.0. The fourth-order valence-corrected chi connectivity index (χ4v) is 2.68. The molecule has 0 aliphatic carbocycles. The van der Waals surface area contributed by atoms with Gasteiger partial charge in [-0.1, -0.05) is 11.6 Å². The van der Waals surface area contributed by atoms with E-state index in [9.17, 15) is 0 Å². The minimum Gasteiger partial charge on any atom is -0.459 e. The first-order valence-electron chi connectivity index (χ1n) is 5.86. The molecule has 3 nitrogen and oxygen atoms in total. The summed E-state index contributed by atoms with van der Waals surface area (Å²) in [6, 6.07) is 8.04. The van der Waals surface area contributed by atoms with Crippen LogP contribution in [-0.2, 0) is 6.42 Å². The lowest BCUT2D eigenvalue weighted by Crippen LogP contribution is -2.12. The van der Waals surface area contributed by atoms with Crippen LogP contribution in [0, 0.1) is 6.92 Å². The molecule has 0 fully saturated rings. The minimum absolute atomic E-state index is 0.135. The largest absolute Gasteiger partial charge is 0.459 e. The molecule has 18 heavy (non-hydrogen) atoms. The van der Waals surface area contributed by atoms with Gasteiger partial charge in [0.1, 0.15) is 11.3 Å². The number of nitrogens with zero attached hydrogens (tertiary/aromatic N) is 1. The maximum absolute atomic E-state index is 6.16. The Morgan fingerprint density at radius 2 is 2.28 bits per heavy atom. The number of hydrogen-bond acceptors (Lipinski definition) is 4. The maximum atomic E-state index is 6.16. The second-order valence-electron chi connectivity index (χ2n) is 4.43. The molecule has 4 heteroatoms. The highest BCUT2D eigenvalue weighted by Crippen LogP contribution is 2.26. The molecule has 92 valence electrons. The Kier molecular flexibility index (Phi) is 2.89. The predicted octanol–water partition coefficient (Wildman–Crippen LogP) is 3.44. The first-order valence-corrected chi connectivity index (χ1v) is 6.74. The zero-order valence-electron chi connectivity index (χ0n) is 10.1. The van der Waals surface area contributed by atoms with Crippen molar-refractivity contribution in [2.75, 3.05) is 0 Å². The molecule has 1 atom stereocenters. The standard InChI is InChI=1S/C14H14N2OS/c1-9-2-3-12-10(6-9)7-13(17-12)11(15)8-14-16-4-5-18-14/h2-7,11H,8,15H2,1H3. The van der Waals surface area contributed by atoms with Crippen molar-refractivity contribution in [1.82, 2.24) is 4.98 Å². The molecule has 0 bridgehead atoms. The summed E-state index contributed by atoms with van der Waals surface area (Å²) in [6.45, 7) is 2.07. The van der Waals surface area contributed by atoms with E-state index < -0.39 is 0 Å². The number of fused-ring (bicyclic) bond motifs is 1. The quantitative estimate of drug-likeness (QED) is 0.783. The molecule has 0 aliphatic heterocycles. The third kappa shape index (κ3) is 2.17. The highest BCUT2D eigenvalue weighted by molar-refractivity contribution is 7.09. The van der Waals surface area contributed by atoms with Gasteiger partial charge in [-0.15, -0.1) is 11.3 Å². The molecule has 0 spiro atoms. The number of hydrogen-bond donors (Lipinski definition) is 1. The van der Waals surface area contributed by atoms with Crippen LogP contribution in [0.2, 0.25) is 0 Å². The molecule has 0 radical (unpaired) electrons. The van der Waals surface area contributed by atoms with Gasteiger partial charge in [-0.2, -0.15) is 0 Å². The van der Waals surface area contributed by atoms with Crippen LogP contribution in [0.25, 0.3) is 11.0 Å². The third-order valence-electron chi connectivity index (χ3n) is 2.93. The molecular formula is C14H14N2OS. The van der Waals surface area contributed by atoms with Gasteiger partial charge in [0.15, 0.2) is 0 Å². The number of aromatic nitrogens is 1. The van der Waals surface area contributed by atoms with Crippen molar-refractivity contribution < 1.29 is 4.42 Å². The van der Waals surface area contributed by atoms with E-state index in [-0.39, 0.29) is 6.04 Å². The maximum Gasteiger partial charge on any atom is 0.134 e. The fraction of sp³-hybridized carbons (Fsp3) is 0.214. The van der Waals surface area contributed by atoms with Crippen LogP contribution in [0.1, 0.15) is 22.4 Å². The van der Waals surface area contributed by atoms with Crippen molar-refractivity contribution in [1.29, 1.82) is 0 Å². The van der Waals surface area contributed by atoms with E-state index in [1.54, 1.807) is 17.5 Å². The van der Waals surface area contributed by atoms with Crippen LogP contribution in [0.15, 0.2) is 40.3 Å². The lowest BCUT2D eigenvalue weighted by atomic mass is 10.1. The summed E-state index contributed by atoms with van der Waals surface area (Å²) in [5.74, 6) is 0.825. The van der Waals surface area contributed by atoms with Crippen LogP contribution in [0.5, 0.6) is 0 Å². The molecule has 3 aromatic rings. The monoisotopic (exact) mass is 258 g/mol. The Morgan fingerprint density at radius 1 is 1.39 bits per heavy atom. The molecule has 1 aromatic carbocycles. The Labute approximate surface area is 109 Å². The van der Waals surface area contributed by atoms with E-state index in [0.29, 0.717) is 0 Å². The molecular weight excluding hydrogens is 244 g/mol. The number of thiazole rings is 1. The van der Waals surface area contributed by atoms with Crippen molar-refractivity contribution >= 4 is 22.3 Å². The van der Waals surface area contributed by atoms with Gasteiger partial charge < -0.3 is 10.2 Å². The van der Waals surface area contributed by atoms with Crippen LogP contribution in [-0.4, -0.2) is 4.98 Å². The Hall–Kier alpha value is -1.65. The zero-order valence-corrected chi connectivity index (χ0v) is 10.9. The van der Waals surface area contributed by atoms with Crippen molar-refractivity contribution in [3.63, 3.8) is 0 Å². The molecule has 0 saturated heterocycles. The second-order valence-corrected chi connectivity index (χ2v) is 5.41. The van der Waals surface area contributed by atoms with Gasteiger partial charge in [-0.3, -0.25) is 0 Å². The number of aryl methyl sites for hydroxylation is 1. The predicted molar refractivity (Wildman–Crippen MR) is 73.7 cm³/mol. The van der Waals surface area contributed by atoms with Crippen molar-refractivity contribution in [2.45, 2.75) is 19.4 Å². The average Bonchev–Trinajstić information content (AvgIpc) is 2.96. The third-order valence-corrected chi connectivity index (χ3v) is 3.74. The summed E-state index contributed by atoms with van der Waals surface area (Å²) in [4.78, 5) is 4.25. The molecule has 1 unspecified atom stereocenters. The molecule has 2 heterocycles. The van der Waals surface area contributed by atoms with Crippen LogP contribution in [0.4, 0.5) is 0 Å². The number of benzene rings is 1. The summed E-state index contributed by atoms with van der Waals surface area (Å²) in [5.41, 5.74) is 8.28. The molecule has 3 rings (SSSR count). The average molecular weight is 258 g/mol. The fourth-order valence-electron chi connectivity index (χ4n) is 2.01. The van der Waals surface area contributed by atoms with E-state index in [2.05, 4.69) is 18.0 Å². The summed E-state index contributed by atoms with van der Waals surface area (Å²) in [7, 11) is 0. The first-order chi connectivity index (χ1) is 8.72. The number of nitrogens with two attached hydrogens (primary N) is 1. The van der Waals surface area contributed by atoms with Gasteiger partial charge in [0.05, 0.1) is 11.0 Å². The van der Waals surface area contributed by atoms with Gasteiger partial charge in [0.2, 0.25) is 0 Å². The van der Waals surface area contributed by atoms with Crippen molar-refractivity contribution in [2.24, 2.45) is 5.73 Å². The molecule has 2 aromatic heterocycles. The highest BCUT2D eigenvalue weighted by Gasteiger charge is 2.14. The lowest BCUT2D eigenvalue weighted by Gasteiger charge is -2.05. The highest BCUT2D eigenvalue weighted by atomic mass is 32.1. The van der Waals surface area contributed by atoms with Gasteiger partial charge in [-0.25, -0.2) is 4.98 Å². The van der Waals surface area contributed by atoms with Crippen molar-refractivity contribution in [3.05, 3.63) is 52.2 Å². The van der Waals surface area contributed by atoms with E-state index in [1.807, 2.05) is 23.6 Å². The van der Waals surface area contributed by atoms with Crippen LogP contribution in [0.3, 0.4) is 0 Å². The van der Waals surface area contributed by atoms with Crippen molar-refractivity contribution in [3.8, 4) is 0 Å². The van der Waals surface area contributed by atoms with Crippen LogP contribution < -0.4 is 5.73 Å². The first kappa shape index (κ1) is 11.4. The van der Waals surface area contributed by atoms with Gasteiger partial charge in [0.25, 0.3) is 0 Å². The van der Waals surface area contributed by atoms with Gasteiger partial charge in [-0.05, 0) is 25.1 Å². The number of rotatable bonds is 3. The summed E-state index contributed by atoms with van der Waals surface area (Å²) in [5, 5.41) is 4.11. The van der Waals surface area contributed by atoms with Gasteiger partial charge >= 0.3 is 0 Å². The summed E-state index contributed by atoms with van der Waals surface area (Å²) >= 11 is 1.62. The van der Waals surface area contributed by atoms with Gasteiger partial charge in [0, 0.05) is 23.4 Å². The molecule has 0 saturated carbocycles. The smallest absolute Gasteiger partial charge is 0.134 e. The Bertz CT molecular complexity index is 658. The van der Waals surface area contributed by atoms with Crippen LogP contribution >= 0.6 is 11.3 Å². The van der Waals surface area contributed by atoms with E-state index in [1.165, 1.54) is 5.56 Å². The van der Waals surface area contributed by atoms with E-state index in [0.717, 1.165) is 28.2 Å².